The van der Waals surface area contributed by atoms with Gasteiger partial charge in [-0.1, -0.05) is 23.7 Å². The highest BCUT2D eigenvalue weighted by Gasteiger charge is 2.10. The fourth-order valence-electron chi connectivity index (χ4n) is 1.84. The Hall–Kier alpha value is -1.98. The summed E-state index contributed by atoms with van der Waals surface area (Å²) in [5, 5.41) is 11.8. The first-order valence-electron chi connectivity index (χ1n) is 6.13. The van der Waals surface area contributed by atoms with E-state index in [4.69, 9.17) is 16.7 Å². The van der Waals surface area contributed by atoms with Gasteiger partial charge in [0.15, 0.2) is 0 Å². The predicted molar refractivity (Wildman–Crippen MR) is 75.3 cm³/mol. The molecule has 2 N–H and O–H groups in total. The Kier molecular flexibility index (Phi) is 4.88. The number of nitrogens with one attached hydrogen (secondary N) is 1. The van der Waals surface area contributed by atoms with Crippen LogP contribution in [0.1, 0.15) is 21.5 Å². The second-order valence-electron chi connectivity index (χ2n) is 4.47. The normalized spacial score (nSPS) is 10.6. The van der Waals surface area contributed by atoms with Gasteiger partial charge in [-0.3, -0.25) is 0 Å². The molecule has 0 bridgehead atoms. The van der Waals surface area contributed by atoms with E-state index in [0.29, 0.717) is 18.7 Å². The number of hydrogen-bond donors (Lipinski definition) is 2. The number of hydrogen-bond acceptors (Lipinski definition) is 2. The standard InChI is InChI=1S/C15H12ClF2NO2/c16-12-5-9(2-4-13(12)17)7-19-8-10-1-3-11(15(20)21)14(18)6-10/h1-6,19H,7-8H2,(H,20,21). The zero-order valence-corrected chi connectivity index (χ0v) is 11.6. The smallest absolute Gasteiger partial charge is 0.338 e. The Morgan fingerprint density at radius 1 is 1.05 bits per heavy atom. The number of halogens is 3. The maximum absolute atomic E-state index is 13.5. The third-order valence-electron chi connectivity index (χ3n) is 2.91. The third-order valence-corrected chi connectivity index (χ3v) is 3.20. The van der Waals surface area contributed by atoms with Gasteiger partial charge in [-0.15, -0.1) is 0 Å². The van der Waals surface area contributed by atoms with E-state index >= 15 is 0 Å². The summed E-state index contributed by atoms with van der Waals surface area (Å²) < 4.78 is 26.5. The Labute approximate surface area is 125 Å². The van der Waals surface area contributed by atoms with Crippen LogP contribution in [0.5, 0.6) is 0 Å². The van der Waals surface area contributed by atoms with Crippen molar-refractivity contribution in [3.8, 4) is 0 Å². The van der Waals surface area contributed by atoms with Crippen LogP contribution in [0, 0.1) is 11.6 Å². The molecule has 3 nitrogen and oxygen atoms in total. The molecular weight excluding hydrogens is 300 g/mol. The number of carboxylic acid groups (broad SMARTS) is 1. The minimum atomic E-state index is -1.30. The maximum Gasteiger partial charge on any atom is 0.338 e. The molecular formula is C15H12ClF2NO2. The average Bonchev–Trinajstić information content (AvgIpc) is 2.42. The van der Waals surface area contributed by atoms with Crippen LogP contribution in [-0.2, 0) is 13.1 Å². The quantitative estimate of drug-likeness (QED) is 0.887. The molecule has 0 aliphatic rings. The largest absolute Gasteiger partial charge is 0.478 e. The van der Waals surface area contributed by atoms with E-state index in [-0.39, 0.29) is 10.6 Å². The Balaban J connectivity index is 1.95. The molecule has 0 amide bonds. The van der Waals surface area contributed by atoms with Gasteiger partial charge in [0.05, 0.1) is 10.6 Å². The molecule has 0 unspecified atom stereocenters. The first-order chi connectivity index (χ1) is 9.97. The molecule has 0 saturated heterocycles. The Bertz CT molecular complexity index is 677. The van der Waals surface area contributed by atoms with Gasteiger partial charge in [0.2, 0.25) is 0 Å². The monoisotopic (exact) mass is 311 g/mol. The maximum atomic E-state index is 13.5. The molecule has 0 aromatic heterocycles. The molecule has 0 spiro atoms. The summed E-state index contributed by atoms with van der Waals surface area (Å²) in [6.45, 7) is 0.786. The molecule has 2 aromatic rings. The number of benzene rings is 2. The van der Waals surface area contributed by atoms with Gasteiger partial charge < -0.3 is 10.4 Å². The van der Waals surface area contributed by atoms with E-state index in [1.54, 1.807) is 6.07 Å². The molecule has 110 valence electrons. The predicted octanol–water partition coefficient (Wildman–Crippen LogP) is 3.61. The molecule has 0 heterocycles. The molecule has 0 aliphatic carbocycles. The van der Waals surface area contributed by atoms with Crippen LogP contribution in [0.4, 0.5) is 8.78 Å². The highest BCUT2D eigenvalue weighted by Crippen LogP contribution is 2.16. The van der Waals surface area contributed by atoms with Crippen molar-refractivity contribution in [3.63, 3.8) is 0 Å². The van der Waals surface area contributed by atoms with E-state index in [0.717, 1.165) is 5.56 Å². The summed E-state index contributed by atoms with van der Waals surface area (Å²) in [4.78, 5) is 10.7. The Morgan fingerprint density at radius 2 is 1.67 bits per heavy atom. The van der Waals surface area contributed by atoms with Crippen molar-refractivity contribution < 1.29 is 18.7 Å². The summed E-state index contributed by atoms with van der Waals surface area (Å²) in [6.07, 6.45) is 0. The van der Waals surface area contributed by atoms with Crippen LogP contribution in [0.15, 0.2) is 36.4 Å². The molecule has 6 heteroatoms. The topological polar surface area (TPSA) is 49.3 Å². The van der Waals surface area contributed by atoms with Crippen molar-refractivity contribution in [1.29, 1.82) is 0 Å². The second-order valence-corrected chi connectivity index (χ2v) is 4.88. The fraction of sp³-hybridized carbons (Fsp3) is 0.133. The van der Waals surface area contributed by atoms with Gasteiger partial charge in [-0.05, 0) is 35.4 Å². The van der Waals surface area contributed by atoms with E-state index in [9.17, 15) is 13.6 Å². The van der Waals surface area contributed by atoms with Gasteiger partial charge >= 0.3 is 5.97 Å². The van der Waals surface area contributed by atoms with E-state index in [2.05, 4.69) is 5.32 Å². The summed E-state index contributed by atoms with van der Waals surface area (Å²) in [5.41, 5.74) is 1.05. The number of carbonyl (C=O) groups is 1. The average molecular weight is 312 g/mol. The summed E-state index contributed by atoms with van der Waals surface area (Å²) in [7, 11) is 0. The first-order valence-corrected chi connectivity index (χ1v) is 6.51. The molecule has 0 aliphatic heterocycles. The summed E-state index contributed by atoms with van der Waals surface area (Å²) in [6, 6.07) is 8.33. The van der Waals surface area contributed by atoms with Gasteiger partial charge in [0.1, 0.15) is 11.6 Å². The van der Waals surface area contributed by atoms with Crippen LogP contribution in [0.3, 0.4) is 0 Å². The van der Waals surface area contributed by atoms with Gasteiger partial charge in [0, 0.05) is 13.1 Å². The molecule has 0 atom stereocenters. The minimum absolute atomic E-state index is 0.0474. The molecule has 2 rings (SSSR count). The molecule has 0 radical (unpaired) electrons. The zero-order chi connectivity index (χ0) is 15.4. The van der Waals surface area contributed by atoms with Crippen LogP contribution in [-0.4, -0.2) is 11.1 Å². The van der Waals surface area contributed by atoms with E-state index in [1.165, 1.54) is 30.3 Å². The van der Waals surface area contributed by atoms with Crippen LogP contribution in [0.2, 0.25) is 5.02 Å². The van der Waals surface area contributed by atoms with Crippen molar-refractivity contribution in [2.24, 2.45) is 0 Å². The fourth-order valence-corrected chi connectivity index (χ4v) is 2.05. The lowest BCUT2D eigenvalue weighted by Gasteiger charge is -2.07. The van der Waals surface area contributed by atoms with Gasteiger partial charge in [-0.25, -0.2) is 13.6 Å². The highest BCUT2D eigenvalue weighted by atomic mass is 35.5. The lowest BCUT2D eigenvalue weighted by atomic mass is 10.1. The lowest BCUT2D eigenvalue weighted by Crippen LogP contribution is -2.13. The van der Waals surface area contributed by atoms with Crippen LogP contribution in [0.25, 0.3) is 0 Å². The number of carboxylic acids is 1. The minimum Gasteiger partial charge on any atom is -0.478 e. The second kappa shape index (κ2) is 6.65. The van der Waals surface area contributed by atoms with E-state index in [1.807, 2.05) is 0 Å². The van der Waals surface area contributed by atoms with Crippen molar-refractivity contribution >= 4 is 17.6 Å². The summed E-state index contributed by atoms with van der Waals surface area (Å²) in [5.74, 6) is -2.55. The van der Waals surface area contributed by atoms with Gasteiger partial charge in [-0.2, -0.15) is 0 Å². The molecule has 2 aromatic carbocycles. The first kappa shape index (κ1) is 15.4. The highest BCUT2D eigenvalue weighted by molar-refractivity contribution is 6.30. The number of aromatic carboxylic acids is 1. The Morgan fingerprint density at radius 3 is 2.24 bits per heavy atom. The SMILES string of the molecule is O=C(O)c1ccc(CNCc2ccc(F)c(Cl)c2)cc1F. The van der Waals surface area contributed by atoms with Crippen molar-refractivity contribution in [2.45, 2.75) is 13.1 Å². The summed E-state index contributed by atoms with van der Waals surface area (Å²) >= 11 is 5.67. The van der Waals surface area contributed by atoms with Gasteiger partial charge in [0.25, 0.3) is 0 Å². The van der Waals surface area contributed by atoms with E-state index < -0.39 is 17.6 Å². The van der Waals surface area contributed by atoms with Crippen LogP contribution < -0.4 is 5.32 Å². The van der Waals surface area contributed by atoms with Crippen molar-refractivity contribution in [3.05, 3.63) is 69.7 Å². The molecule has 0 saturated carbocycles. The molecule has 0 fully saturated rings. The lowest BCUT2D eigenvalue weighted by molar-refractivity contribution is 0.0692. The van der Waals surface area contributed by atoms with Crippen molar-refractivity contribution in [1.82, 2.24) is 5.32 Å². The third kappa shape index (κ3) is 4.00. The zero-order valence-electron chi connectivity index (χ0n) is 10.9. The van der Waals surface area contributed by atoms with Crippen LogP contribution >= 0.6 is 11.6 Å². The van der Waals surface area contributed by atoms with Crippen molar-refractivity contribution in [2.75, 3.05) is 0 Å². The molecule has 21 heavy (non-hydrogen) atoms. The number of rotatable bonds is 5.